The number of benzene rings is 3. The molecule has 1 aliphatic heterocycles. The van der Waals surface area contributed by atoms with Gasteiger partial charge in [-0.25, -0.2) is 0 Å². The van der Waals surface area contributed by atoms with Crippen molar-refractivity contribution in [3.63, 3.8) is 0 Å². The molecule has 1 atom stereocenters. The number of aromatic nitrogens is 2. The van der Waals surface area contributed by atoms with E-state index in [0.29, 0.717) is 25.8 Å². The number of hydrogen-bond acceptors (Lipinski definition) is 4. The number of pyridine rings is 1. The van der Waals surface area contributed by atoms with E-state index >= 15 is 0 Å². The Bertz CT molecular complexity index is 1780. The molecule has 0 aliphatic carbocycles. The predicted octanol–water partition coefficient (Wildman–Crippen LogP) is 6.26. The molecule has 4 N–H and O–H groups in total. The Hall–Kier alpha value is -4.91. The van der Waals surface area contributed by atoms with E-state index in [4.69, 9.17) is 5.73 Å². The lowest BCUT2D eigenvalue weighted by molar-refractivity contribution is -0.147. The molecule has 5 aromatic rings. The zero-order valence-electron chi connectivity index (χ0n) is 24.5. The number of phenolic OH excluding ortho intramolecular Hbond substituents is 1. The Balaban J connectivity index is 1.32. The largest absolute Gasteiger partial charge is 0.507 e. The van der Waals surface area contributed by atoms with Crippen molar-refractivity contribution in [3.8, 4) is 28.1 Å². The summed E-state index contributed by atoms with van der Waals surface area (Å²) in [5.74, 6) is -0.120. The molecular formula is C36H36N4O3. The molecule has 0 spiro atoms. The van der Waals surface area contributed by atoms with E-state index in [9.17, 15) is 14.7 Å². The number of nitrogens with zero attached hydrogens (tertiary/aromatic N) is 2. The molecule has 0 radical (unpaired) electrons. The van der Waals surface area contributed by atoms with E-state index in [0.717, 1.165) is 44.4 Å². The summed E-state index contributed by atoms with van der Waals surface area (Å²) in [6.45, 7) is 4.50. The van der Waals surface area contributed by atoms with E-state index in [1.165, 1.54) is 0 Å². The van der Waals surface area contributed by atoms with Gasteiger partial charge in [-0.1, -0.05) is 60.7 Å². The maximum atomic E-state index is 14.0. The lowest BCUT2D eigenvalue weighted by atomic mass is 9.67. The number of amides is 2. The summed E-state index contributed by atoms with van der Waals surface area (Å²) >= 11 is 0. The van der Waals surface area contributed by atoms with Gasteiger partial charge in [0.05, 0.1) is 11.8 Å². The Kier molecular flexibility index (Phi) is 7.26. The van der Waals surface area contributed by atoms with E-state index in [-0.39, 0.29) is 24.0 Å². The van der Waals surface area contributed by atoms with Gasteiger partial charge in [0.2, 0.25) is 11.8 Å². The summed E-state index contributed by atoms with van der Waals surface area (Å²) in [6, 6.07) is 27.1. The van der Waals surface area contributed by atoms with Crippen molar-refractivity contribution in [1.29, 1.82) is 0 Å². The van der Waals surface area contributed by atoms with E-state index in [1.807, 2.05) is 97.7 Å². The van der Waals surface area contributed by atoms with Crippen molar-refractivity contribution in [2.45, 2.75) is 45.1 Å². The first-order chi connectivity index (χ1) is 20.6. The van der Waals surface area contributed by atoms with Crippen LogP contribution >= 0.6 is 0 Å². The average molecular weight is 573 g/mol. The number of phenols is 1. The quantitative estimate of drug-likeness (QED) is 0.214. The van der Waals surface area contributed by atoms with Crippen molar-refractivity contribution < 1.29 is 14.7 Å². The molecule has 2 amide bonds. The molecule has 1 fully saturated rings. The number of para-hydroxylation sites is 1. The highest BCUT2D eigenvalue weighted by atomic mass is 16.3. The van der Waals surface area contributed by atoms with Crippen LogP contribution in [0.3, 0.4) is 0 Å². The number of H-pyrrole nitrogens is 1. The second-order valence-corrected chi connectivity index (χ2v) is 12.3. The van der Waals surface area contributed by atoms with Crippen molar-refractivity contribution in [1.82, 2.24) is 14.9 Å². The minimum atomic E-state index is -0.718. The van der Waals surface area contributed by atoms with Gasteiger partial charge in [0.25, 0.3) is 0 Å². The molecule has 3 heterocycles. The molecule has 7 nitrogen and oxygen atoms in total. The number of likely N-dealkylation sites (tertiary alicyclic amines) is 1. The number of piperidine rings is 1. The fraction of sp³-hybridized carbons (Fsp3) is 0.250. The highest BCUT2D eigenvalue weighted by Crippen LogP contribution is 2.43. The zero-order valence-corrected chi connectivity index (χ0v) is 24.5. The summed E-state index contributed by atoms with van der Waals surface area (Å²) in [4.78, 5) is 36.6. The van der Waals surface area contributed by atoms with Crippen LogP contribution < -0.4 is 5.73 Å². The third-order valence-corrected chi connectivity index (χ3v) is 8.90. The van der Waals surface area contributed by atoms with E-state index < -0.39 is 11.0 Å². The smallest absolute Gasteiger partial charge is 0.227 e. The van der Waals surface area contributed by atoms with Crippen molar-refractivity contribution in [2.24, 2.45) is 11.1 Å². The maximum Gasteiger partial charge on any atom is 0.227 e. The molecule has 7 heteroatoms. The standard InChI is InChI=1S/C36H36N4O3/c1-35(2)23-36(34(37)43,21-24-8-4-3-5-9-24)15-17-40(35)33(42)20-26-13-12-25(28-10-6-7-11-32(28)41)18-29(26)31-19-27-22-38-16-14-30(27)39-31/h3-14,16,18-19,22,39,41H,15,17,20-21,23H2,1-2H3,(H2,37,43). The SMILES string of the molecule is CC1(C)CC(Cc2ccccc2)(C(N)=O)CCN1C(=O)Cc1ccc(-c2ccccc2O)cc1-c1cc2cnccc2[nH]1. The first-order valence-corrected chi connectivity index (χ1v) is 14.6. The van der Waals surface area contributed by atoms with Crippen molar-refractivity contribution in [3.05, 3.63) is 108 Å². The van der Waals surface area contributed by atoms with Gasteiger partial charge in [-0.2, -0.15) is 0 Å². The van der Waals surface area contributed by atoms with Crippen LogP contribution in [0, 0.1) is 5.41 Å². The minimum absolute atomic E-state index is 0.00267. The summed E-state index contributed by atoms with van der Waals surface area (Å²) in [5.41, 5.74) is 11.0. The van der Waals surface area contributed by atoms with Crippen molar-refractivity contribution >= 4 is 22.7 Å². The second-order valence-electron chi connectivity index (χ2n) is 12.3. The Morgan fingerprint density at radius 1 is 0.977 bits per heavy atom. The molecule has 3 aromatic carbocycles. The molecule has 218 valence electrons. The molecule has 2 aromatic heterocycles. The highest BCUT2D eigenvalue weighted by Gasteiger charge is 2.49. The third-order valence-electron chi connectivity index (χ3n) is 8.90. The molecular weight excluding hydrogens is 536 g/mol. The summed E-state index contributed by atoms with van der Waals surface area (Å²) in [7, 11) is 0. The van der Waals surface area contributed by atoms with Gasteiger partial charge in [-0.3, -0.25) is 14.6 Å². The molecule has 0 bridgehead atoms. The number of primary amides is 1. The van der Waals surface area contributed by atoms with Gasteiger partial charge >= 0.3 is 0 Å². The lowest BCUT2D eigenvalue weighted by Gasteiger charge is -2.50. The highest BCUT2D eigenvalue weighted by molar-refractivity contribution is 5.89. The van der Waals surface area contributed by atoms with E-state index in [2.05, 4.69) is 9.97 Å². The van der Waals surface area contributed by atoms with Gasteiger partial charge in [0, 0.05) is 52.2 Å². The molecule has 1 aliphatic rings. The van der Waals surface area contributed by atoms with Crippen LogP contribution in [0.1, 0.15) is 37.8 Å². The molecule has 1 saturated heterocycles. The molecule has 0 saturated carbocycles. The van der Waals surface area contributed by atoms with Crippen molar-refractivity contribution in [2.75, 3.05) is 6.54 Å². The molecule has 1 unspecified atom stereocenters. The fourth-order valence-electron chi connectivity index (χ4n) is 6.78. The number of carbonyl (C=O) groups excluding carboxylic acids is 2. The lowest BCUT2D eigenvalue weighted by Crippen LogP contribution is -2.59. The Morgan fingerprint density at radius 3 is 2.47 bits per heavy atom. The van der Waals surface area contributed by atoms with Crippen LogP contribution in [-0.2, 0) is 22.4 Å². The first kappa shape index (κ1) is 28.2. The van der Waals surface area contributed by atoms with E-state index in [1.54, 1.807) is 18.3 Å². The third kappa shape index (κ3) is 5.50. The van der Waals surface area contributed by atoms with Crippen LogP contribution in [0.5, 0.6) is 5.75 Å². The van der Waals surface area contributed by atoms with Crippen LogP contribution in [0.25, 0.3) is 33.3 Å². The average Bonchev–Trinajstić information content (AvgIpc) is 3.42. The van der Waals surface area contributed by atoms with Gasteiger partial charge < -0.3 is 20.7 Å². The molecule has 43 heavy (non-hydrogen) atoms. The zero-order chi connectivity index (χ0) is 30.2. The maximum absolute atomic E-state index is 14.0. The number of hydrogen-bond donors (Lipinski definition) is 3. The van der Waals surface area contributed by atoms with Gasteiger partial charge in [0.15, 0.2) is 0 Å². The number of rotatable bonds is 7. The molecule has 6 rings (SSSR count). The number of aromatic hydroxyl groups is 1. The van der Waals surface area contributed by atoms with Crippen LogP contribution in [-0.4, -0.2) is 43.9 Å². The Morgan fingerprint density at radius 2 is 1.74 bits per heavy atom. The summed E-state index contributed by atoms with van der Waals surface area (Å²) in [5, 5.41) is 11.5. The van der Waals surface area contributed by atoms with Gasteiger partial charge in [-0.05, 0) is 74.1 Å². The first-order valence-electron chi connectivity index (χ1n) is 14.6. The van der Waals surface area contributed by atoms with Gasteiger partial charge in [-0.15, -0.1) is 0 Å². The number of fused-ring (bicyclic) bond motifs is 1. The number of carbonyl (C=O) groups is 2. The normalized spacial score (nSPS) is 18.0. The number of nitrogens with two attached hydrogens (primary N) is 1. The minimum Gasteiger partial charge on any atom is -0.507 e. The summed E-state index contributed by atoms with van der Waals surface area (Å²) in [6.07, 6.45) is 5.31. The summed E-state index contributed by atoms with van der Waals surface area (Å²) < 4.78 is 0. The number of aromatic amines is 1. The van der Waals surface area contributed by atoms with Gasteiger partial charge in [0.1, 0.15) is 5.75 Å². The van der Waals surface area contributed by atoms with Crippen LogP contribution in [0.4, 0.5) is 0 Å². The Labute approximate surface area is 251 Å². The van der Waals surface area contributed by atoms with Crippen LogP contribution in [0.2, 0.25) is 0 Å². The monoisotopic (exact) mass is 572 g/mol. The number of nitrogens with one attached hydrogen (secondary N) is 1. The van der Waals surface area contributed by atoms with Crippen LogP contribution in [0.15, 0.2) is 97.3 Å². The topological polar surface area (TPSA) is 112 Å². The fourth-order valence-corrected chi connectivity index (χ4v) is 6.78. The second kappa shape index (κ2) is 11.1. The predicted molar refractivity (Wildman–Crippen MR) is 169 cm³/mol.